The van der Waals surface area contributed by atoms with Crippen molar-refractivity contribution in [1.82, 2.24) is 15.0 Å². The minimum absolute atomic E-state index is 0.0348. The smallest absolute Gasteiger partial charge is 0.0926 e. The lowest BCUT2D eigenvalue weighted by Gasteiger charge is -2.23. The van der Waals surface area contributed by atoms with Crippen LogP contribution in [0.1, 0.15) is 44.9 Å². The third-order valence-electron chi connectivity index (χ3n) is 3.76. The summed E-state index contributed by atoms with van der Waals surface area (Å²) >= 11 is 0. The van der Waals surface area contributed by atoms with Crippen molar-refractivity contribution in [2.45, 2.75) is 52.0 Å². The second-order valence-corrected chi connectivity index (χ2v) is 6.33. The van der Waals surface area contributed by atoms with Gasteiger partial charge in [0.15, 0.2) is 0 Å². The van der Waals surface area contributed by atoms with Crippen LogP contribution in [0.3, 0.4) is 0 Å². The van der Waals surface area contributed by atoms with E-state index in [-0.39, 0.29) is 5.54 Å². The van der Waals surface area contributed by atoms with Gasteiger partial charge in [-0.3, -0.25) is 0 Å². The van der Waals surface area contributed by atoms with Gasteiger partial charge in [0, 0.05) is 5.56 Å². The van der Waals surface area contributed by atoms with Crippen LogP contribution in [-0.2, 0) is 18.4 Å². The van der Waals surface area contributed by atoms with Crippen molar-refractivity contribution in [1.29, 1.82) is 0 Å². The van der Waals surface area contributed by atoms with Gasteiger partial charge in [-0.25, -0.2) is 4.68 Å². The second-order valence-electron chi connectivity index (χ2n) is 6.33. The Labute approximate surface area is 114 Å². The molecule has 0 N–H and O–H groups in total. The van der Waals surface area contributed by atoms with Gasteiger partial charge in [0.05, 0.1) is 16.9 Å². The highest BCUT2D eigenvalue weighted by Crippen LogP contribution is 2.33. The molecule has 3 heteroatoms. The lowest BCUT2D eigenvalue weighted by Crippen LogP contribution is -2.24. The van der Waals surface area contributed by atoms with Gasteiger partial charge in [0.1, 0.15) is 0 Å². The van der Waals surface area contributed by atoms with Crippen molar-refractivity contribution in [3.8, 4) is 11.3 Å². The number of fused-ring (bicyclic) bond motifs is 3. The van der Waals surface area contributed by atoms with Crippen LogP contribution in [0.15, 0.2) is 24.3 Å². The molecule has 0 spiro atoms. The Hall–Kier alpha value is -1.64. The van der Waals surface area contributed by atoms with Crippen LogP contribution in [0.2, 0.25) is 0 Å². The molecule has 0 atom stereocenters. The standard InChI is InChI=1S/C16H21N3/c1-16(2,3)19-15-13-10-6-4-8-12(13)9-5-7-11-14(15)17-18-19/h4,6,8,10H,5,7,9,11H2,1-3H3. The van der Waals surface area contributed by atoms with Gasteiger partial charge >= 0.3 is 0 Å². The van der Waals surface area contributed by atoms with E-state index >= 15 is 0 Å². The van der Waals surface area contributed by atoms with Gasteiger partial charge in [0.25, 0.3) is 0 Å². The number of nitrogens with zero attached hydrogens (tertiary/aromatic N) is 3. The van der Waals surface area contributed by atoms with E-state index < -0.39 is 0 Å². The van der Waals surface area contributed by atoms with Crippen LogP contribution >= 0.6 is 0 Å². The molecule has 0 saturated carbocycles. The summed E-state index contributed by atoms with van der Waals surface area (Å²) in [6, 6.07) is 8.70. The minimum atomic E-state index is -0.0348. The molecule has 0 aliphatic heterocycles. The average Bonchev–Trinajstić information content (AvgIpc) is 2.75. The zero-order chi connectivity index (χ0) is 13.5. The molecule has 0 bridgehead atoms. The lowest BCUT2D eigenvalue weighted by molar-refractivity contribution is 0.351. The second kappa shape index (κ2) is 4.48. The maximum Gasteiger partial charge on any atom is 0.0926 e. The molecule has 1 aromatic heterocycles. The maximum atomic E-state index is 4.44. The summed E-state index contributed by atoms with van der Waals surface area (Å²) in [4.78, 5) is 0. The highest BCUT2D eigenvalue weighted by molar-refractivity contribution is 5.66. The maximum absolute atomic E-state index is 4.44. The topological polar surface area (TPSA) is 30.7 Å². The van der Waals surface area contributed by atoms with Crippen molar-refractivity contribution in [3.63, 3.8) is 0 Å². The Morgan fingerprint density at radius 2 is 1.79 bits per heavy atom. The molecule has 100 valence electrons. The molecular formula is C16H21N3. The highest BCUT2D eigenvalue weighted by Gasteiger charge is 2.25. The predicted molar refractivity (Wildman–Crippen MR) is 77.1 cm³/mol. The molecule has 0 fully saturated rings. The van der Waals surface area contributed by atoms with Gasteiger partial charge in [-0.1, -0.05) is 29.5 Å². The summed E-state index contributed by atoms with van der Waals surface area (Å²) in [7, 11) is 0. The molecule has 3 nitrogen and oxygen atoms in total. The number of aromatic nitrogens is 3. The Morgan fingerprint density at radius 1 is 1.05 bits per heavy atom. The number of aryl methyl sites for hydroxylation is 2. The van der Waals surface area contributed by atoms with E-state index in [2.05, 4.69) is 60.0 Å². The molecule has 3 rings (SSSR count). The summed E-state index contributed by atoms with van der Waals surface area (Å²) < 4.78 is 2.09. The van der Waals surface area contributed by atoms with Gasteiger partial charge < -0.3 is 0 Å². The van der Waals surface area contributed by atoms with Crippen LogP contribution in [0, 0.1) is 0 Å². The highest BCUT2D eigenvalue weighted by atomic mass is 15.5. The summed E-state index contributed by atoms with van der Waals surface area (Å²) in [6.45, 7) is 6.55. The molecule has 1 aliphatic carbocycles. The summed E-state index contributed by atoms with van der Waals surface area (Å²) in [5.41, 5.74) is 5.09. The average molecular weight is 255 g/mol. The molecule has 1 aromatic carbocycles. The first kappa shape index (κ1) is 12.4. The third kappa shape index (κ3) is 2.18. The number of hydrogen-bond acceptors (Lipinski definition) is 2. The fourth-order valence-corrected chi connectivity index (χ4v) is 2.80. The summed E-state index contributed by atoms with van der Waals surface area (Å²) in [5.74, 6) is 0. The number of hydrogen-bond donors (Lipinski definition) is 0. The largest absolute Gasteiger partial charge is 0.239 e. The van der Waals surface area contributed by atoms with Gasteiger partial charge in [-0.2, -0.15) is 0 Å². The van der Waals surface area contributed by atoms with Crippen LogP contribution in [0.4, 0.5) is 0 Å². The Morgan fingerprint density at radius 3 is 2.58 bits per heavy atom. The van der Waals surface area contributed by atoms with Crippen molar-refractivity contribution >= 4 is 0 Å². The van der Waals surface area contributed by atoms with E-state index in [1.807, 2.05) is 0 Å². The molecule has 0 unspecified atom stereocenters. The Kier molecular flexibility index (Phi) is 2.92. The van der Waals surface area contributed by atoms with Crippen LogP contribution < -0.4 is 0 Å². The first-order valence-electron chi connectivity index (χ1n) is 7.11. The molecule has 1 aliphatic rings. The van der Waals surface area contributed by atoms with Crippen molar-refractivity contribution in [3.05, 3.63) is 35.5 Å². The van der Waals surface area contributed by atoms with Gasteiger partial charge in [-0.15, -0.1) is 5.10 Å². The molecule has 1 heterocycles. The number of rotatable bonds is 0. The molecule has 2 aromatic rings. The molecule has 19 heavy (non-hydrogen) atoms. The lowest BCUT2D eigenvalue weighted by atomic mass is 9.93. The minimum Gasteiger partial charge on any atom is -0.239 e. The summed E-state index contributed by atoms with van der Waals surface area (Å²) in [6.07, 6.45) is 4.63. The fraction of sp³-hybridized carbons (Fsp3) is 0.500. The van der Waals surface area contributed by atoms with Crippen molar-refractivity contribution in [2.24, 2.45) is 0 Å². The molecular weight excluding hydrogens is 234 g/mol. The zero-order valence-corrected chi connectivity index (χ0v) is 12.0. The Balaban J connectivity index is 2.25. The number of benzene rings is 1. The van der Waals surface area contributed by atoms with E-state index in [9.17, 15) is 0 Å². The normalized spacial score (nSPS) is 15.3. The molecule has 0 amide bonds. The van der Waals surface area contributed by atoms with Crippen molar-refractivity contribution in [2.75, 3.05) is 0 Å². The van der Waals surface area contributed by atoms with Crippen molar-refractivity contribution < 1.29 is 0 Å². The van der Waals surface area contributed by atoms with Gasteiger partial charge in [-0.05, 0) is 52.0 Å². The van der Waals surface area contributed by atoms with E-state index in [0.29, 0.717) is 0 Å². The SMILES string of the molecule is CC(C)(C)n1nnc2c1-c1ccccc1CCCC2. The summed E-state index contributed by atoms with van der Waals surface area (Å²) in [5, 5.41) is 8.85. The van der Waals surface area contributed by atoms with Gasteiger partial charge in [0.2, 0.25) is 0 Å². The van der Waals surface area contributed by atoms with E-state index in [1.165, 1.54) is 29.7 Å². The van der Waals surface area contributed by atoms with E-state index in [4.69, 9.17) is 0 Å². The quantitative estimate of drug-likeness (QED) is 0.720. The first-order chi connectivity index (χ1) is 9.07. The third-order valence-corrected chi connectivity index (χ3v) is 3.76. The van der Waals surface area contributed by atoms with E-state index in [0.717, 1.165) is 18.5 Å². The van der Waals surface area contributed by atoms with Crippen LogP contribution in [0.25, 0.3) is 11.3 Å². The van der Waals surface area contributed by atoms with Crippen LogP contribution in [-0.4, -0.2) is 15.0 Å². The van der Waals surface area contributed by atoms with E-state index in [1.54, 1.807) is 0 Å². The predicted octanol–water partition coefficient (Wildman–Crippen LogP) is 3.58. The zero-order valence-electron chi connectivity index (χ0n) is 12.0. The molecule has 0 saturated heterocycles. The van der Waals surface area contributed by atoms with Crippen LogP contribution in [0.5, 0.6) is 0 Å². The molecule has 0 radical (unpaired) electrons. The monoisotopic (exact) mass is 255 g/mol. The first-order valence-corrected chi connectivity index (χ1v) is 7.11. The Bertz CT molecular complexity index is 590. The fourth-order valence-electron chi connectivity index (χ4n) is 2.80.